The fourth-order valence-corrected chi connectivity index (χ4v) is 3.26. The number of sulfone groups is 1. The molecule has 0 bridgehead atoms. The number of hydrogen-bond donors (Lipinski definition) is 0. The van der Waals surface area contributed by atoms with Crippen molar-refractivity contribution in [2.45, 2.75) is 18.7 Å². The smallest absolute Gasteiger partial charge is 0.202 e. The van der Waals surface area contributed by atoms with Crippen LogP contribution < -0.4 is 0 Å². The van der Waals surface area contributed by atoms with Gasteiger partial charge in [-0.25, -0.2) is 8.42 Å². The number of allylic oxidation sites excluding steroid dienone is 2. The average molecular weight is 272 g/mol. The summed E-state index contributed by atoms with van der Waals surface area (Å²) in [7, 11) is -3.41. The summed E-state index contributed by atoms with van der Waals surface area (Å²) in [6.45, 7) is 3.50. The number of hydrogen-bond acceptors (Lipinski definition) is 2. The molecule has 19 heavy (non-hydrogen) atoms. The van der Waals surface area contributed by atoms with Crippen LogP contribution in [0.25, 0.3) is 5.57 Å². The van der Waals surface area contributed by atoms with Gasteiger partial charge in [0.1, 0.15) is 0 Å². The Kier molecular flexibility index (Phi) is 3.86. The topological polar surface area (TPSA) is 34.1 Å². The summed E-state index contributed by atoms with van der Waals surface area (Å²) in [6, 6.07) is 18.1. The van der Waals surface area contributed by atoms with E-state index in [-0.39, 0.29) is 0 Å². The molecular formula is C16H16O2S. The van der Waals surface area contributed by atoms with Crippen LogP contribution in [0.15, 0.2) is 70.5 Å². The van der Waals surface area contributed by atoms with Crippen LogP contribution in [0, 0.1) is 0 Å². The van der Waals surface area contributed by atoms with E-state index in [9.17, 15) is 8.42 Å². The third kappa shape index (κ3) is 2.76. The average Bonchev–Trinajstić information content (AvgIpc) is 2.47. The highest BCUT2D eigenvalue weighted by molar-refractivity contribution is 7.95. The molecule has 2 aromatic carbocycles. The second-order valence-electron chi connectivity index (χ2n) is 4.36. The van der Waals surface area contributed by atoms with Crippen molar-refractivity contribution >= 4 is 15.4 Å². The van der Waals surface area contributed by atoms with Gasteiger partial charge in [-0.2, -0.15) is 0 Å². The summed E-state index contributed by atoms with van der Waals surface area (Å²) < 4.78 is 25.0. The van der Waals surface area contributed by atoms with Crippen molar-refractivity contribution in [2.75, 3.05) is 0 Å². The highest BCUT2D eigenvalue weighted by Gasteiger charge is 2.19. The minimum absolute atomic E-state index is 0.336. The Morgan fingerprint density at radius 2 is 1.26 bits per heavy atom. The molecule has 2 rings (SSSR count). The quantitative estimate of drug-likeness (QED) is 0.849. The molecule has 2 nitrogen and oxygen atoms in total. The van der Waals surface area contributed by atoms with Gasteiger partial charge in [0.15, 0.2) is 0 Å². The first kappa shape index (κ1) is 13.6. The molecule has 3 heteroatoms. The molecule has 0 atom stereocenters. The summed E-state index contributed by atoms with van der Waals surface area (Å²) in [6.07, 6.45) is 0. The molecule has 98 valence electrons. The molecule has 0 N–H and O–H groups in total. The van der Waals surface area contributed by atoms with Gasteiger partial charge in [-0.1, -0.05) is 48.5 Å². The first-order chi connectivity index (χ1) is 9.03. The van der Waals surface area contributed by atoms with Crippen LogP contribution in [0.4, 0.5) is 0 Å². The monoisotopic (exact) mass is 272 g/mol. The van der Waals surface area contributed by atoms with Crippen molar-refractivity contribution in [3.05, 3.63) is 71.1 Å². The largest absolute Gasteiger partial charge is 0.219 e. The van der Waals surface area contributed by atoms with E-state index in [1.54, 1.807) is 31.2 Å². The van der Waals surface area contributed by atoms with Gasteiger partial charge in [0.25, 0.3) is 0 Å². The molecule has 0 fully saturated rings. The molecule has 0 amide bonds. The number of rotatable bonds is 3. The van der Waals surface area contributed by atoms with Crippen molar-refractivity contribution in [1.29, 1.82) is 0 Å². The Morgan fingerprint density at radius 1 is 0.789 bits per heavy atom. The van der Waals surface area contributed by atoms with Gasteiger partial charge in [-0.3, -0.25) is 0 Å². The Hall–Kier alpha value is -1.87. The minimum Gasteiger partial charge on any atom is -0.219 e. The molecule has 0 aliphatic rings. The van der Waals surface area contributed by atoms with E-state index in [0.29, 0.717) is 9.80 Å². The van der Waals surface area contributed by atoms with Crippen LogP contribution >= 0.6 is 0 Å². The first-order valence-electron chi connectivity index (χ1n) is 6.06. The van der Waals surface area contributed by atoms with Gasteiger partial charge in [0.2, 0.25) is 9.84 Å². The Balaban J connectivity index is 2.53. The van der Waals surface area contributed by atoms with Crippen molar-refractivity contribution in [3.63, 3.8) is 0 Å². The molecule has 0 saturated heterocycles. The molecule has 0 heterocycles. The van der Waals surface area contributed by atoms with Crippen molar-refractivity contribution in [1.82, 2.24) is 0 Å². The second kappa shape index (κ2) is 5.41. The van der Waals surface area contributed by atoms with Crippen LogP contribution in [0.2, 0.25) is 0 Å². The predicted octanol–water partition coefficient (Wildman–Crippen LogP) is 3.91. The summed E-state index contributed by atoms with van der Waals surface area (Å²) in [5, 5.41) is 0. The standard InChI is InChI=1S/C16H16O2S/c1-13(15-9-5-3-6-10-15)14(2)19(17,18)16-11-7-4-8-12-16/h3-12H,1-2H3/b14-13+. The fraction of sp³-hybridized carbons (Fsp3) is 0.125. The van der Waals surface area contributed by atoms with Gasteiger partial charge in [0, 0.05) is 4.91 Å². The van der Waals surface area contributed by atoms with Gasteiger partial charge in [-0.05, 0) is 37.1 Å². The Bertz CT molecular complexity index is 684. The Labute approximate surface area is 114 Å². The molecule has 0 unspecified atom stereocenters. The summed E-state index contributed by atoms with van der Waals surface area (Å²) >= 11 is 0. The van der Waals surface area contributed by atoms with Gasteiger partial charge < -0.3 is 0 Å². The minimum atomic E-state index is -3.41. The van der Waals surface area contributed by atoms with E-state index in [1.165, 1.54) is 0 Å². The lowest BCUT2D eigenvalue weighted by Gasteiger charge is -2.09. The lowest BCUT2D eigenvalue weighted by Crippen LogP contribution is -2.04. The van der Waals surface area contributed by atoms with Crippen LogP contribution in [0.1, 0.15) is 19.4 Å². The first-order valence-corrected chi connectivity index (χ1v) is 7.55. The normalized spacial score (nSPS) is 12.9. The van der Waals surface area contributed by atoms with E-state index in [4.69, 9.17) is 0 Å². The maximum Gasteiger partial charge on any atom is 0.202 e. The van der Waals surface area contributed by atoms with Gasteiger partial charge in [-0.15, -0.1) is 0 Å². The van der Waals surface area contributed by atoms with Crippen molar-refractivity contribution in [3.8, 4) is 0 Å². The molecule has 0 saturated carbocycles. The summed E-state index contributed by atoms with van der Waals surface area (Å²) in [5.41, 5.74) is 1.71. The molecular weight excluding hydrogens is 256 g/mol. The van der Waals surface area contributed by atoms with Crippen molar-refractivity contribution < 1.29 is 8.42 Å². The van der Waals surface area contributed by atoms with E-state index < -0.39 is 9.84 Å². The molecule has 0 radical (unpaired) electrons. The summed E-state index contributed by atoms with van der Waals surface area (Å²) in [5.74, 6) is 0. The highest BCUT2D eigenvalue weighted by Crippen LogP contribution is 2.26. The second-order valence-corrected chi connectivity index (χ2v) is 6.45. The third-order valence-electron chi connectivity index (χ3n) is 3.19. The maximum absolute atomic E-state index is 12.5. The van der Waals surface area contributed by atoms with Gasteiger partial charge in [0.05, 0.1) is 4.90 Å². The number of benzene rings is 2. The Morgan fingerprint density at radius 3 is 1.79 bits per heavy atom. The zero-order valence-electron chi connectivity index (χ0n) is 11.0. The maximum atomic E-state index is 12.5. The molecule has 0 spiro atoms. The van der Waals surface area contributed by atoms with Crippen LogP contribution in [-0.2, 0) is 9.84 Å². The van der Waals surface area contributed by atoms with Gasteiger partial charge >= 0.3 is 0 Å². The van der Waals surface area contributed by atoms with E-state index in [2.05, 4.69) is 0 Å². The van der Waals surface area contributed by atoms with E-state index in [1.807, 2.05) is 43.3 Å². The molecule has 2 aromatic rings. The molecule has 0 aliphatic heterocycles. The third-order valence-corrected chi connectivity index (χ3v) is 5.20. The highest BCUT2D eigenvalue weighted by atomic mass is 32.2. The van der Waals surface area contributed by atoms with Crippen molar-refractivity contribution in [2.24, 2.45) is 0 Å². The lowest BCUT2D eigenvalue weighted by molar-refractivity contribution is 0.602. The van der Waals surface area contributed by atoms with Crippen LogP contribution in [0.5, 0.6) is 0 Å². The zero-order valence-corrected chi connectivity index (χ0v) is 11.8. The predicted molar refractivity (Wildman–Crippen MR) is 78.3 cm³/mol. The zero-order chi connectivity index (χ0) is 13.9. The van der Waals surface area contributed by atoms with Crippen LogP contribution in [0.3, 0.4) is 0 Å². The summed E-state index contributed by atoms with van der Waals surface area (Å²) in [4.78, 5) is 0.729. The van der Waals surface area contributed by atoms with Crippen LogP contribution in [-0.4, -0.2) is 8.42 Å². The van der Waals surface area contributed by atoms with E-state index in [0.717, 1.165) is 11.1 Å². The molecule has 0 aliphatic carbocycles. The van der Waals surface area contributed by atoms with E-state index >= 15 is 0 Å². The SMILES string of the molecule is C/C(=C(/C)S(=O)(=O)c1ccccc1)c1ccccc1. The molecule has 0 aromatic heterocycles. The fourth-order valence-electron chi connectivity index (χ4n) is 1.87. The lowest BCUT2D eigenvalue weighted by atomic mass is 10.1.